The maximum Gasteiger partial charge on any atom is 0.131 e. The second-order valence-corrected chi connectivity index (χ2v) is 13.9. The fourth-order valence-electron chi connectivity index (χ4n) is 7.64. The zero-order chi connectivity index (χ0) is 36.4. The van der Waals surface area contributed by atoms with Gasteiger partial charge in [0.1, 0.15) is 5.84 Å². The van der Waals surface area contributed by atoms with Crippen LogP contribution in [0.5, 0.6) is 0 Å². The van der Waals surface area contributed by atoms with E-state index in [4.69, 9.17) is 10.7 Å². The molecule has 8 aromatic rings. The third-order valence-corrected chi connectivity index (χ3v) is 10.4. The van der Waals surface area contributed by atoms with Crippen LogP contribution >= 0.6 is 0 Å². The fourth-order valence-corrected chi connectivity index (χ4v) is 7.64. The molecule has 0 bridgehead atoms. The molecule has 0 spiro atoms. The monoisotopic (exact) mass is 696 g/mol. The average molecular weight is 697 g/mol. The van der Waals surface area contributed by atoms with Crippen LogP contribution in [0.3, 0.4) is 0 Å². The summed E-state index contributed by atoms with van der Waals surface area (Å²) in [5.74, 6) is 0.485. The Morgan fingerprint density at radius 1 is 0.722 bits per heavy atom. The second kappa shape index (κ2) is 14.3. The largest absolute Gasteiger partial charge is 0.383 e. The quantitative estimate of drug-likeness (QED) is 0.117. The zero-order valence-electron chi connectivity index (χ0n) is 30.0. The number of para-hydroxylation sites is 3. The lowest BCUT2D eigenvalue weighted by Crippen LogP contribution is -2.13. The van der Waals surface area contributed by atoms with Gasteiger partial charge in [-0.3, -0.25) is 0 Å². The number of aromatic nitrogens is 1. The van der Waals surface area contributed by atoms with Crippen molar-refractivity contribution in [3.63, 3.8) is 0 Å². The molecule has 1 aliphatic rings. The molecule has 1 aliphatic carbocycles. The van der Waals surface area contributed by atoms with Gasteiger partial charge in [-0.1, -0.05) is 116 Å². The number of aliphatic imine (C=N–C) groups is 1. The number of nitrogens with two attached hydrogens (primary N) is 1. The zero-order valence-corrected chi connectivity index (χ0v) is 30.0. The second-order valence-electron chi connectivity index (χ2n) is 13.9. The molecule has 3 N–H and O–H groups in total. The molecule has 54 heavy (non-hydrogen) atoms. The number of allylic oxidation sites excluding steroid dienone is 4. The van der Waals surface area contributed by atoms with Crippen LogP contribution in [-0.4, -0.2) is 10.4 Å². The van der Waals surface area contributed by atoms with E-state index in [9.17, 15) is 0 Å². The molecule has 0 saturated heterocycles. The van der Waals surface area contributed by atoms with Gasteiger partial charge in [0.05, 0.1) is 16.7 Å². The van der Waals surface area contributed by atoms with Crippen LogP contribution in [0.25, 0.3) is 49.9 Å². The highest BCUT2D eigenvalue weighted by molar-refractivity contribution is 6.11. The van der Waals surface area contributed by atoms with Crippen molar-refractivity contribution in [1.29, 1.82) is 0 Å². The van der Waals surface area contributed by atoms with Crippen LogP contribution in [0, 0.1) is 0 Å². The molecule has 0 unspecified atom stereocenters. The Morgan fingerprint density at radius 2 is 1.50 bits per heavy atom. The van der Waals surface area contributed by atoms with Crippen molar-refractivity contribution < 1.29 is 0 Å². The Labute approximate surface area is 315 Å². The van der Waals surface area contributed by atoms with E-state index in [1.165, 1.54) is 38.2 Å². The van der Waals surface area contributed by atoms with E-state index in [0.717, 1.165) is 69.7 Å². The number of amidine groups is 1. The van der Waals surface area contributed by atoms with Crippen LogP contribution in [-0.2, 0) is 6.42 Å². The highest BCUT2D eigenvalue weighted by atomic mass is 15.0. The van der Waals surface area contributed by atoms with Crippen molar-refractivity contribution in [2.45, 2.75) is 19.3 Å². The summed E-state index contributed by atoms with van der Waals surface area (Å²) in [5.41, 5.74) is 19.8. The third kappa shape index (κ3) is 6.39. The van der Waals surface area contributed by atoms with Gasteiger partial charge in [0.25, 0.3) is 0 Å². The van der Waals surface area contributed by atoms with E-state index in [2.05, 4.69) is 156 Å². The van der Waals surface area contributed by atoms with Crippen LogP contribution in [0.2, 0.25) is 0 Å². The van der Waals surface area contributed by atoms with Crippen molar-refractivity contribution in [1.82, 2.24) is 4.57 Å². The minimum absolute atomic E-state index is 0.485. The molecule has 9 rings (SSSR count). The molecule has 4 nitrogen and oxygen atoms in total. The molecule has 1 aromatic heterocycles. The number of nitrogens with zero attached hydrogens (tertiary/aromatic N) is 2. The van der Waals surface area contributed by atoms with Crippen molar-refractivity contribution >= 4 is 67.1 Å². The third-order valence-electron chi connectivity index (χ3n) is 10.4. The molecule has 0 atom stereocenters. The molecule has 1 heterocycles. The maximum absolute atomic E-state index is 6.73. The van der Waals surface area contributed by atoms with Crippen LogP contribution in [0.4, 0.5) is 17.1 Å². The number of nitrogens with one attached hydrogen (secondary N) is 1. The minimum Gasteiger partial charge on any atom is -0.383 e. The van der Waals surface area contributed by atoms with Gasteiger partial charge in [-0.25, -0.2) is 4.99 Å². The van der Waals surface area contributed by atoms with Gasteiger partial charge in [-0.15, -0.1) is 0 Å². The molecule has 0 amide bonds. The number of fused-ring (bicyclic) bond motifs is 4. The van der Waals surface area contributed by atoms with Gasteiger partial charge < -0.3 is 15.6 Å². The Balaban J connectivity index is 1.01. The number of hydrogen-bond acceptors (Lipinski definition) is 2. The van der Waals surface area contributed by atoms with Crippen LogP contribution < -0.4 is 11.1 Å². The first-order chi connectivity index (χ1) is 26.6. The summed E-state index contributed by atoms with van der Waals surface area (Å²) in [7, 11) is 0. The predicted molar refractivity (Wildman–Crippen MR) is 231 cm³/mol. The van der Waals surface area contributed by atoms with Gasteiger partial charge in [0, 0.05) is 33.4 Å². The highest BCUT2D eigenvalue weighted by Crippen LogP contribution is 2.37. The summed E-state index contributed by atoms with van der Waals surface area (Å²) in [4.78, 5) is 4.97. The molecular formula is C50H40N4. The highest BCUT2D eigenvalue weighted by Gasteiger charge is 2.16. The predicted octanol–water partition coefficient (Wildman–Crippen LogP) is 12.7. The van der Waals surface area contributed by atoms with Crippen molar-refractivity contribution in [2.24, 2.45) is 10.7 Å². The molecule has 0 radical (unpaired) electrons. The van der Waals surface area contributed by atoms with Crippen molar-refractivity contribution in [2.75, 3.05) is 5.32 Å². The first kappa shape index (κ1) is 33.0. The summed E-state index contributed by atoms with van der Waals surface area (Å²) in [6.45, 7) is 4.12. The first-order valence-electron chi connectivity index (χ1n) is 18.6. The van der Waals surface area contributed by atoms with Gasteiger partial charge >= 0.3 is 0 Å². The smallest absolute Gasteiger partial charge is 0.131 e. The summed E-state index contributed by atoms with van der Waals surface area (Å²) in [6, 6.07) is 53.4. The minimum atomic E-state index is 0.485. The fraction of sp³-hybridized carbons (Fsp3) is 0.0600. The molecule has 260 valence electrons. The normalized spacial score (nSPS) is 13.0. The lowest BCUT2D eigenvalue weighted by atomic mass is 9.95. The van der Waals surface area contributed by atoms with E-state index in [1.807, 2.05) is 36.4 Å². The lowest BCUT2D eigenvalue weighted by Gasteiger charge is -2.13. The average Bonchev–Trinajstić information content (AvgIpc) is 3.54. The van der Waals surface area contributed by atoms with Crippen molar-refractivity contribution in [3.05, 3.63) is 204 Å². The lowest BCUT2D eigenvalue weighted by molar-refractivity contribution is 1.04. The van der Waals surface area contributed by atoms with E-state index < -0.39 is 0 Å². The SMILES string of the molecule is C=Cc1cc2c3ccccc3n(-c3ccc(C(N)=Nc4ccccc4Cc4ccc5cc(C6=CCCC=C6)ccc5c4)cc3)c2cc1Nc1ccccc1. The summed E-state index contributed by atoms with van der Waals surface area (Å²) < 4.78 is 2.31. The van der Waals surface area contributed by atoms with Gasteiger partial charge in [0.2, 0.25) is 0 Å². The Kier molecular flexibility index (Phi) is 8.70. The molecule has 0 aliphatic heterocycles. The molecule has 7 aromatic carbocycles. The van der Waals surface area contributed by atoms with E-state index in [-0.39, 0.29) is 0 Å². The van der Waals surface area contributed by atoms with Crippen LogP contribution in [0.15, 0.2) is 181 Å². The summed E-state index contributed by atoms with van der Waals surface area (Å²) in [6.07, 6.45) is 11.7. The standard InChI is InChI=1S/C50H40N4/c1-2-35-32-45-44-18-10-12-20-48(44)54(49(45)33-47(35)52-42-16-7-4-8-17-42)43-27-25-37(26-28-43)50(51)53-46-19-11-9-15-41(46)30-34-21-22-40-31-39(24-23-38(40)29-34)36-13-5-3-6-14-36/h2,4-5,7-29,31-33,52H,1,3,6,30H2,(H2,51,53). The summed E-state index contributed by atoms with van der Waals surface area (Å²) in [5, 5.41) is 8.46. The van der Waals surface area contributed by atoms with E-state index in [0.29, 0.717) is 5.84 Å². The molecular weight excluding hydrogens is 657 g/mol. The van der Waals surface area contributed by atoms with Gasteiger partial charge in [-0.2, -0.15) is 0 Å². The van der Waals surface area contributed by atoms with E-state index >= 15 is 0 Å². The maximum atomic E-state index is 6.73. The van der Waals surface area contributed by atoms with Gasteiger partial charge in [0.15, 0.2) is 0 Å². The van der Waals surface area contributed by atoms with Crippen LogP contribution in [0.1, 0.15) is 40.7 Å². The Bertz CT molecular complexity index is 2780. The van der Waals surface area contributed by atoms with Gasteiger partial charge in [-0.05, 0) is 125 Å². The molecule has 0 fully saturated rings. The molecule has 4 heteroatoms. The number of rotatable bonds is 9. The number of benzene rings is 7. The van der Waals surface area contributed by atoms with E-state index in [1.54, 1.807) is 0 Å². The number of anilines is 2. The molecule has 0 saturated carbocycles. The number of hydrogen-bond donors (Lipinski definition) is 2. The summed E-state index contributed by atoms with van der Waals surface area (Å²) >= 11 is 0. The Morgan fingerprint density at radius 3 is 2.33 bits per heavy atom. The topological polar surface area (TPSA) is 55.3 Å². The first-order valence-corrected chi connectivity index (χ1v) is 18.6. The van der Waals surface area contributed by atoms with Crippen molar-refractivity contribution in [3.8, 4) is 5.69 Å². The Hall–Kier alpha value is -6.91.